The Balaban J connectivity index is 1.71. The van der Waals surface area contributed by atoms with E-state index in [9.17, 15) is 0 Å². The van der Waals surface area contributed by atoms with Crippen molar-refractivity contribution < 1.29 is 0 Å². The van der Waals surface area contributed by atoms with Crippen LogP contribution in [0, 0.1) is 13.8 Å². The largest absolute Gasteiger partial charge is 0.296 e. The standard InChI is InChI=1S/C16H19N5/c1-12-6-13(2)19-15(7-12)10-20(3)9-14-4-5-21-16(8-14)17-11-18-21/h4-8,11H,9-10H2,1-3H3. The minimum atomic E-state index is 0.834. The predicted molar refractivity (Wildman–Crippen MR) is 81.9 cm³/mol. The number of fused-ring (bicyclic) bond motifs is 1. The summed E-state index contributed by atoms with van der Waals surface area (Å²) >= 11 is 0. The second-order valence-electron chi connectivity index (χ2n) is 5.55. The highest BCUT2D eigenvalue weighted by Crippen LogP contribution is 2.10. The Morgan fingerprint density at radius 1 is 1.14 bits per heavy atom. The number of hydrogen-bond acceptors (Lipinski definition) is 4. The quantitative estimate of drug-likeness (QED) is 0.736. The minimum Gasteiger partial charge on any atom is -0.296 e. The third-order valence-corrected chi connectivity index (χ3v) is 3.38. The highest BCUT2D eigenvalue weighted by Gasteiger charge is 2.05. The Morgan fingerprint density at radius 3 is 2.81 bits per heavy atom. The second-order valence-corrected chi connectivity index (χ2v) is 5.55. The van der Waals surface area contributed by atoms with Crippen molar-refractivity contribution in [3.05, 3.63) is 59.3 Å². The highest BCUT2D eigenvalue weighted by molar-refractivity contribution is 5.39. The molecule has 0 saturated heterocycles. The fourth-order valence-corrected chi connectivity index (χ4v) is 2.61. The lowest BCUT2D eigenvalue weighted by atomic mass is 10.2. The zero-order valence-corrected chi connectivity index (χ0v) is 12.6. The van der Waals surface area contributed by atoms with Crippen LogP contribution in [0.25, 0.3) is 5.65 Å². The summed E-state index contributed by atoms with van der Waals surface area (Å²) in [6.45, 7) is 5.84. The van der Waals surface area contributed by atoms with Gasteiger partial charge in [-0.2, -0.15) is 5.10 Å². The summed E-state index contributed by atoms with van der Waals surface area (Å²) in [6, 6.07) is 8.39. The molecule has 0 saturated carbocycles. The van der Waals surface area contributed by atoms with Crippen molar-refractivity contribution in [3.8, 4) is 0 Å². The fourth-order valence-electron chi connectivity index (χ4n) is 2.61. The average Bonchev–Trinajstić information content (AvgIpc) is 2.84. The topological polar surface area (TPSA) is 46.3 Å². The molecule has 0 radical (unpaired) electrons. The summed E-state index contributed by atoms with van der Waals surface area (Å²) in [5.74, 6) is 0. The Hall–Kier alpha value is -2.27. The van der Waals surface area contributed by atoms with Gasteiger partial charge in [0.05, 0.1) is 5.69 Å². The van der Waals surface area contributed by atoms with Gasteiger partial charge in [0.25, 0.3) is 0 Å². The van der Waals surface area contributed by atoms with E-state index in [0.717, 1.165) is 30.1 Å². The molecule has 0 spiro atoms. The number of aryl methyl sites for hydroxylation is 2. The maximum absolute atomic E-state index is 4.59. The number of rotatable bonds is 4. The van der Waals surface area contributed by atoms with Crippen molar-refractivity contribution in [3.63, 3.8) is 0 Å². The van der Waals surface area contributed by atoms with Gasteiger partial charge in [0.2, 0.25) is 0 Å². The van der Waals surface area contributed by atoms with Crippen LogP contribution in [0.5, 0.6) is 0 Å². The van der Waals surface area contributed by atoms with E-state index in [1.807, 2.05) is 13.1 Å². The monoisotopic (exact) mass is 281 g/mol. The van der Waals surface area contributed by atoms with Gasteiger partial charge in [-0.25, -0.2) is 9.50 Å². The van der Waals surface area contributed by atoms with Crippen molar-refractivity contribution in [1.29, 1.82) is 0 Å². The van der Waals surface area contributed by atoms with Gasteiger partial charge in [-0.15, -0.1) is 0 Å². The molecule has 3 heterocycles. The first-order valence-corrected chi connectivity index (χ1v) is 7.01. The van der Waals surface area contributed by atoms with E-state index >= 15 is 0 Å². The summed E-state index contributed by atoms with van der Waals surface area (Å²) in [7, 11) is 2.10. The molecule has 0 bridgehead atoms. The maximum Gasteiger partial charge on any atom is 0.155 e. The van der Waals surface area contributed by atoms with Crippen molar-refractivity contribution in [2.45, 2.75) is 26.9 Å². The molecule has 0 atom stereocenters. The number of aromatic nitrogens is 4. The first kappa shape index (κ1) is 13.7. The Labute approximate surface area is 124 Å². The van der Waals surface area contributed by atoms with Crippen molar-refractivity contribution in [2.24, 2.45) is 0 Å². The smallest absolute Gasteiger partial charge is 0.155 e. The summed E-state index contributed by atoms with van der Waals surface area (Å²) in [4.78, 5) is 11.1. The zero-order chi connectivity index (χ0) is 14.8. The van der Waals surface area contributed by atoms with E-state index in [-0.39, 0.29) is 0 Å². The molecule has 0 aliphatic heterocycles. The van der Waals surface area contributed by atoms with Crippen molar-refractivity contribution in [1.82, 2.24) is 24.5 Å². The molecule has 0 N–H and O–H groups in total. The number of nitrogens with zero attached hydrogens (tertiary/aromatic N) is 5. The molecule has 3 aromatic rings. The highest BCUT2D eigenvalue weighted by atomic mass is 15.3. The Morgan fingerprint density at radius 2 is 2.00 bits per heavy atom. The number of hydrogen-bond donors (Lipinski definition) is 0. The van der Waals surface area contributed by atoms with E-state index in [0.29, 0.717) is 0 Å². The maximum atomic E-state index is 4.59. The lowest BCUT2D eigenvalue weighted by Crippen LogP contribution is -2.18. The molecule has 5 nitrogen and oxygen atoms in total. The first-order valence-electron chi connectivity index (χ1n) is 7.01. The fraction of sp³-hybridized carbons (Fsp3) is 0.312. The third-order valence-electron chi connectivity index (χ3n) is 3.38. The van der Waals surface area contributed by atoms with Gasteiger partial charge in [0.15, 0.2) is 5.65 Å². The second kappa shape index (κ2) is 5.61. The van der Waals surface area contributed by atoms with Crippen LogP contribution in [0.3, 0.4) is 0 Å². The van der Waals surface area contributed by atoms with Gasteiger partial charge in [0, 0.05) is 25.0 Å². The summed E-state index contributed by atoms with van der Waals surface area (Å²) in [5, 5.41) is 4.11. The molecule has 108 valence electrons. The average molecular weight is 281 g/mol. The van der Waals surface area contributed by atoms with E-state index in [2.05, 4.69) is 58.2 Å². The molecule has 5 heteroatoms. The molecule has 21 heavy (non-hydrogen) atoms. The van der Waals surface area contributed by atoms with E-state index in [4.69, 9.17) is 0 Å². The Bertz CT molecular complexity index is 742. The van der Waals surface area contributed by atoms with E-state index < -0.39 is 0 Å². The lowest BCUT2D eigenvalue weighted by Gasteiger charge is -2.17. The summed E-state index contributed by atoms with van der Waals surface area (Å²) in [6.07, 6.45) is 3.52. The Kier molecular flexibility index (Phi) is 3.66. The molecule has 0 amide bonds. The van der Waals surface area contributed by atoms with Gasteiger partial charge in [-0.05, 0) is 56.3 Å². The van der Waals surface area contributed by atoms with Gasteiger partial charge in [-0.3, -0.25) is 9.88 Å². The van der Waals surface area contributed by atoms with Gasteiger partial charge >= 0.3 is 0 Å². The normalized spacial score (nSPS) is 11.4. The SMILES string of the molecule is Cc1cc(C)nc(CN(C)Cc2ccn3ncnc3c2)c1. The zero-order valence-electron chi connectivity index (χ0n) is 12.6. The van der Waals surface area contributed by atoms with Crippen LogP contribution in [0.15, 0.2) is 36.8 Å². The summed E-state index contributed by atoms with van der Waals surface area (Å²) in [5.41, 5.74) is 5.55. The first-order chi connectivity index (χ1) is 10.1. The summed E-state index contributed by atoms with van der Waals surface area (Å²) < 4.78 is 1.77. The van der Waals surface area contributed by atoms with Crippen LogP contribution in [0.2, 0.25) is 0 Å². The molecule has 3 rings (SSSR count). The molecule has 0 unspecified atom stereocenters. The van der Waals surface area contributed by atoms with Crippen molar-refractivity contribution >= 4 is 5.65 Å². The molecule has 3 aromatic heterocycles. The molecular weight excluding hydrogens is 262 g/mol. The van der Waals surface area contributed by atoms with Crippen LogP contribution < -0.4 is 0 Å². The predicted octanol–water partition coefficient (Wildman–Crippen LogP) is 2.37. The van der Waals surface area contributed by atoms with Crippen molar-refractivity contribution in [2.75, 3.05) is 7.05 Å². The van der Waals surface area contributed by atoms with Crippen LogP contribution in [-0.2, 0) is 13.1 Å². The van der Waals surface area contributed by atoms with Crippen LogP contribution in [0.1, 0.15) is 22.5 Å². The lowest BCUT2D eigenvalue weighted by molar-refractivity contribution is 0.315. The molecular formula is C16H19N5. The van der Waals surface area contributed by atoms with E-state index in [1.165, 1.54) is 11.1 Å². The van der Waals surface area contributed by atoms with Crippen LogP contribution in [0.4, 0.5) is 0 Å². The molecule has 0 aromatic carbocycles. The third kappa shape index (κ3) is 3.25. The van der Waals surface area contributed by atoms with Gasteiger partial charge in [0.1, 0.15) is 6.33 Å². The van der Waals surface area contributed by atoms with Gasteiger partial charge < -0.3 is 0 Å². The molecule has 0 aliphatic rings. The minimum absolute atomic E-state index is 0.834. The molecule has 0 fully saturated rings. The van der Waals surface area contributed by atoms with Crippen LogP contribution in [-0.4, -0.2) is 31.5 Å². The van der Waals surface area contributed by atoms with E-state index in [1.54, 1.807) is 10.8 Å². The van der Waals surface area contributed by atoms with Gasteiger partial charge in [-0.1, -0.05) is 0 Å². The molecule has 0 aliphatic carbocycles. The number of pyridine rings is 2. The van der Waals surface area contributed by atoms with Crippen LogP contribution >= 0.6 is 0 Å².